The largest absolute Gasteiger partial charge is 0.496 e. The van der Waals surface area contributed by atoms with Crippen LogP contribution in [0, 0.1) is 0 Å². The van der Waals surface area contributed by atoms with E-state index >= 15 is 0 Å². The van der Waals surface area contributed by atoms with Crippen molar-refractivity contribution < 1.29 is 9.84 Å². The van der Waals surface area contributed by atoms with Crippen LogP contribution >= 0.6 is 11.6 Å². The second-order valence-electron chi connectivity index (χ2n) is 3.53. The number of rotatable bonds is 7. The number of ether oxygens (including phenoxy) is 1. The molecule has 0 saturated carbocycles. The van der Waals surface area contributed by atoms with Gasteiger partial charge in [0, 0.05) is 23.7 Å². The summed E-state index contributed by atoms with van der Waals surface area (Å²) in [5.41, 5.74) is 0.982. The van der Waals surface area contributed by atoms with E-state index in [4.69, 9.17) is 21.4 Å². The zero-order chi connectivity index (χ0) is 11.8. The van der Waals surface area contributed by atoms with Crippen molar-refractivity contribution in [3.05, 3.63) is 28.8 Å². The van der Waals surface area contributed by atoms with Crippen molar-refractivity contribution in [2.45, 2.75) is 19.4 Å². The average molecular weight is 244 g/mol. The smallest absolute Gasteiger partial charge is 0.124 e. The van der Waals surface area contributed by atoms with Gasteiger partial charge in [0.15, 0.2) is 0 Å². The second kappa shape index (κ2) is 7.49. The van der Waals surface area contributed by atoms with Crippen molar-refractivity contribution in [3.63, 3.8) is 0 Å². The van der Waals surface area contributed by atoms with E-state index in [1.807, 2.05) is 18.2 Å². The molecule has 1 aromatic rings. The summed E-state index contributed by atoms with van der Waals surface area (Å²) in [7, 11) is 1.64. The fourth-order valence-electron chi connectivity index (χ4n) is 1.48. The van der Waals surface area contributed by atoms with Crippen LogP contribution in [-0.4, -0.2) is 25.4 Å². The average Bonchev–Trinajstić information content (AvgIpc) is 2.30. The number of hydrogen-bond acceptors (Lipinski definition) is 3. The topological polar surface area (TPSA) is 41.5 Å². The van der Waals surface area contributed by atoms with Gasteiger partial charge in [-0.15, -0.1) is 0 Å². The fraction of sp³-hybridized carbons (Fsp3) is 0.500. The Morgan fingerprint density at radius 2 is 2.19 bits per heavy atom. The monoisotopic (exact) mass is 243 g/mol. The second-order valence-corrected chi connectivity index (χ2v) is 3.94. The Bertz CT molecular complexity index is 318. The summed E-state index contributed by atoms with van der Waals surface area (Å²) in [6, 6.07) is 5.63. The van der Waals surface area contributed by atoms with Crippen molar-refractivity contribution in [3.8, 4) is 5.75 Å². The number of aliphatic hydroxyl groups is 1. The molecule has 1 aromatic carbocycles. The summed E-state index contributed by atoms with van der Waals surface area (Å²) in [5, 5.41) is 12.6. The molecule has 0 fully saturated rings. The molecule has 0 radical (unpaired) electrons. The third-order valence-corrected chi connectivity index (χ3v) is 2.71. The highest BCUT2D eigenvalue weighted by Crippen LogP contribution is 2.25. The summed E-state index contributed by atoms with van der Waals surface area (Å²) in [6.07, 6.45) is 1.79. The SMILES string of the molecule is COc1cccc(Cl)c1CNCCCCO. The molecule has 1 rings (SSSR count). The first-order chi connectivity index (χ1) is 7.79. The van der Waals surface area contributed by atoms with Crippen molar-refractivity contribution >= 4 is 11.6 Å². The summed E-state index contributed by atoms with van der Waals surface area (Å²) >= 11 is 6.09. The van der Waals surface area contributed by atoms with E-state index in [9.17, 15) is 0 Å². The fourth-order valence-corrected chi connectivity index (χ4v) is 1.71. The van der Waals surface area contributed by atoms with E-state index in [0.29, 0.717) is 11.6 Å². The summed E-state index contributed by atoms with van der Waals surface area (Å²) in [4.78, 5) is 0. The third-order valence-electron chi connectivity index (χ3n) is 2.36. The van der Waals surface area contributed by atoms with Gasteiger partial charge in [-0.3, -0.25) is 0 Å². The number of nitrogens with one attached hydrogen (secondary N) is 1. The zero-order valence-corrected chi connectivity index (χ0v) is 10.3. The molecule has 0 amide bonds. The number of aliphatic hydroxyl groups excluding tert-OH is 1. The number of halogens is 1. The maximum atomic E-state index is 8.64. The molecule has 0 heterocycles. The van der Waals surface area contributed by atoms with Crippen LogP contribution in [0.15, 0.2) is 18.2 Å². The molecule has 0 aromatic heterocycles. The number of unbranched alkanes of at least 4 members (excludes halogenated alkanes) is 1. The lowest BCUT2D eigenvalue weighted by Crippen LogP contribution is -2.15. The molecule has 16 heavy (non-hydrogen) atoms. The van der Waals surface area contributed by atoms with Crippen molar-refractivity contribution in [2.24, 2.45) is 0 Å². The van der Waals surface area contributed by atoms with Gasteiger partial charge in [0.25, 0.3) is 0 Å². The van der Waals surface area contributed by atoms with Gasteiger partial charge >= 0.3 is 0 Å². The summed E-state index contributed by atoms with van der Waals surface area (Å²) < 4.78 is 5.24. The maximum Gasteiger partial charge on any atom is 0.124 e. The van der Waals surface area contributed by atoms with Crippen molar-refractivity contribution in [2.75, 3.05) is 20.3 Å². The Morgan fingerprint density at radius 1 is 1.38 bits per heavy atom. The van der Waals surface area contributed by atoms with E-state index < -0.39 is 0 Å². The molecule has 0 aliphatic heterocycles. The lowest BCUT2D eigenvalue weighted by atomic mass is 10.2. The molecule has 4 heteroatoms. The highest BCUT2D eigenvalue weighted by Gasteiger charge is 2.06. The number of benzene rings is 1. The maximum absolute atomic E-state index is 8.64. The first-order valence-corrected chi connectivity index (χ1v) is 5.80. The quantitative estimate of drug-likeness (QED) is 0.722. The highest BCUT2D eigenvalue weighted by atomic mass is 35.5. The molecule has 0 aliphatic rings. The predicted molar refractivity (Wildman–Crippen MR) is 66.0 cm³/mol. The van der Waals surface area contributed by atoms with Crippen LogP contribution in [0.1, 0.15) is 18.4 Å². The number of methoxy groups -OCH3 is 1. The van der Waals surface area contributed by atoms with Crippen molar-refractivity contribution in [1.29, 1.82) is 0 Å². The molecule has 3 nitrogen and oxygen atoms in total. The molecule has 0 atom stereocenters. The van der Waals surface area contributed by atoms with Crippen LogP contribution in [-0.2, 0) is 6.54 Å². The van der Waals surface area contributed by atoms with Gasteiger partial charge in [-0.25, -0.2) is 0 Å². The van der Waals surface area contributed by atoms with E-state index in [2.05, 4.69) is 5.32 Å². The van der Waals surface area contributed by atoms with Crippen LogP contribution in [0.3, 0.4) is 0 Å². The van der Waals surface area contributed by atoms with Crippen molar-refractivity contribution in [1.82, 2.24) is 5.32 Å². The van der Waals surface area contributed by atoms with Gasteiger partial charge in [0.1, 0.15) is 5.75 Å². The van der Waals surface area contributed by atoms with E-state index in [-0.39, 0.29) is 6.61 Å². The van der Waals surface area contributed by atoms with Crippen LogP contribution in [0.5, 0.6) is 5.75 Å². The van der Waals surface area contributed by atoms with Gasteiger partial charge in [-0.05, 0) is 31.5 Å². The molecule has 0 unspecified atom stereocenters. The van der Waals surface area contributed by atoms with E-state index in [1.165, 1.54) is 0 Å². The lowest BCUT2D eigenvalue weighted by molar-refractivity contribution is 0.283. The minimum Gasteiger partial charge on any atom is -0.496 e. The van der Waals surface area contributed by atoms with Crippen LogP contribution in [0.4, 0.5) is 0 Å². The van der Waals surface area contributed by atoms with Gasteiger partial charge in [-0.1, -0.05) is 17.7 Å². The molecule has 0 spiro atoms. The number of hydrogen-bond donors (Lipinski definition) is 2. The minimum atomic E-state index is 0.247. The summed E-state index contributed by atoms with van der Waals surface area (Å²) in [6.45, 7) is 1.81. The third kappa shape index (κ3) is 4.00. The van der Waals surface area contributed by atoms with E-state index in [0.717, 1.165) is 30.7 Å². The standard InChI is InChI=1S/C12H18ClNO2/c1-16-12-6-4-5-11(13)10(12)9-14-7-2-3-8-15/h4-6,14-15H,2-3,7-9H2,1H3. The molecule has 0 saturated heterocycles. The van der Waals surface area contributed by atoms with Crippen LogP contribution in [0.25, 0.3) is 0 Å². The highest BCUT2D eigenvalue weighted by molar-refractivity contribution is 6.31. The van der Waals surface area contributed by atoms with Gasteiger partial charge < -0.3 is 15.2 Å². The first-order valence-electron chi connectivity index (χ1n) is 5.42. The Hall–Kier alpha value is -0.770. The van der Waals surface area contributed by atoms with E-state index in [1.54, 1.807) is 7.11 Å². The normalized spacial score (nSPS) is 10.4. The Balaban J connectivity index is 2.46. The molecule has 0 bridgehead atoms. The van der Waals surface area contributed by atoms with Crippen LogP contribution < -0.4 is 10.1 Å². The zero-order valence-electron chi connectivity index (χ0n) is 9.50. The van der Waals surface area contributed by atoms with Crippen LogP contribution in [0.2, 0.25) is 5.02 Å². The minimum absolute atomic E-state index is 0.247. The first kappa shape index (κ1) is 13.3. The lowest BCUT2D eigenvalue weighted by Gasteiger charge is -2.11. The van der Waals surface area contributed by atoms with Gasteiger partial charge in [-0.2, -0.15) is 0 Å². The molecule has 2 N–H and O–H groups in total. The Morgan fingerprint density at radius 3 is 2.88 bits per heavy atom. The van der Waals surface area contributed by atoms with Gasteiger partial charge in [0.2, 0.25) is 0 Å². The Kier molecular flexibility index (Phi) is 6.23. The molecular formula is C12H18ClNO2. The Labute approximate surface area is 101 Å². The summed E-state index contributed by atoms with van der Waals surface area (Å²) in [5.74, 6) is 0.808. The molecule has 90 valence electrons. The van der Waals surface area contributed by atoms with Gasteiger partial charge in [0.05, 0.1) is 7.11 Å². The molecule has 0 aliphatic carbocycles. The molecular weight excluding hydrogens is 226 g/mol. The predicted octanol–water partition coefficient (Wildman–Crippen LogP) is 2.21.